The molecule has 53 heavy (non-hydrogen) atoms. The lowest BCUT2D eigenvalue weighted by molar-refractivity contribution is -0.961. The molecule has 4 unspecified atom stereocenters. The summed E-state index contributed by atoms with van der Waals surface area (Å²) in [6.45, 7) is 4.38. The summed E-state index contributed by atoms with van der Waals surface area (Å²) in [6.07, 6.45) is 8.20. The van der Waals surface area contributed by atoms with Crippen molar-refractivity contribution in [3.05, 3.63) is 47.5 Å². The van der Waals surface area contributed by atoms with Gasteiger partial charge in [-0.05, 0) is 42.8 Å². The highest BCUT2D eigenvalue weighted by Crippen LogP contribution is 2.46. The minimum Gasteiger partial charge on any atom is -0.493 e. The number of fused-ring (bicyclic) bond motifs is 4. The highest BCUT2D eigenvalue weighted by atomic mass is 16.6. The van der Waals surface area contributed by atoms with E-state index in [1.165, 1.54) is 13.8 Å². The molecule has 12 nitrogen and oxygen atoms in total. The molecule has 0 aliphatic carbocycles. The maximum absolute atomic E-state index is 12.9. The molecule has 0 aromatic heterocycles. The third-order valence-electron chi connectivity index (χ3n) is 12.5. The van der Waals surface area contributed by atoms with Crippen LogP contribution in [0.4, 0.5) is 0 Å². The first-order chi connectivity index (χ1) is 25.3. The monoisotopic (exact) mass is 736 g/mol. The molecule has 0 spiro atoms. The molecule has 4 fully saturated rings. The zero-order chi connectivity index (χ0) is 37.9. The topological polar surface area (TPSA) is 124 Å². The minimum absolute atomic E-state index is 0.114. The van der Waals surface area contributed by atoms with E-state index in [0.29, 0.717) is 53.6 Å². The van der Waals surface area contributed by atoms with E-state index >= 15 is 0 Å². The average molecular weight is 737 g/mol. The number of carbonyl (C=O) groups excluding carboxylic acids is 4. The lowest BCUT2D eigenvalue weighted by atomic mass is 9.95. The maximum Gasteiger partial charge on any atom is 0.308 e. The van der Waals surface area contributed by atoms with Crippen LogP contribution >= 0.6 is 0 Å². The van der Waals surface area contributed by atoms with Gasteiger partial charge in [0.25, 0.3) is 0 Å². The normalized spacial score (nSPS) is 29.9. The van der Waals surface area contributed by atoms with Crippen LogP contribution in [0.25, 0.3) is 0 Å². The highest BCUT2D eigenvalue weighted by molar-refractivity contribution is 5.73. The van der Waals surface area contributed by atoms with Crippen LogP contribution in [-0.4, -0.2) is 97.5 Å². The molecule has 4 heterocycles. The Morgan fingerprint density at radius 1 is 0.585 bits per heavy atom. The Labute approximate surface area is 312 Å². The van der Waals surface area contributed by atoms with Crippen LogP contribution in [-0.2, 0) is 41.7 Å². The van der Waals surface area contributed by atoms with Crippen LogP contribution in [0.5, 0.6) is 23.0 Å². The van der Waals surface area contributed by atoms with Gasteiger partial charge in [-0.15, -0.1) is 0 Å². The zero-order valence-electron chi connectivity index (χ0n) is 32.1. The highest BCUT2D eigenvalue weighted by Gasteiger charge is 2.53. The first-order valence-electron chi connectivity index (χ1n) is 19.1. The average Bonchev–Trinajstić information content (AvgIpc) is 3.33. The molecule has 4 atom stereocenters. The number of methoxy groups -OCH3 is 2. The smallest absolute Gasteiger partial charge is 0.308 e. The van der Waals surface area contributed by atoms with E-state index in [1.807, 2.05) is 24.3 Å². The van der Waals surface area contributed by atoms with Crippen molar-refractivity contribution in [3.8, 4) is 23.0 Å². The second-order valence-electron chi connectivity index (χ2n) is 16.0. The number of ether oxygens (including phenoxy) is 6. The van der Waals surface area contributed by atoms with E-state index < -0.39 is 0 Å². The van der Waals surface area contributed by atoms with Crippen molar-refractivity contribution < 1.29 is 56.6 Å². The van der Waals surface area contributed by atoms with Gasteiger partial charge in [-0.2, -0.15) is 0 Å². The molecule has 0 saturated carbocycles. The van der Waals surface area contributed by atoms with Gasteiger partial charge >= 0.3 is 23.9 Å². The second kappa shape index (κ2) is 16.1. The molecule has 6 rings (SSSR count). The molecule has 0 amide bonds. The molecule has 288 valence electrons. The van der Waals surface area contributed by atoms with Gasteiger partial charge < -0.3 is 37.4 Å². The SMILES string of the molecule is COc1cc(C[N+]2(C)C3CCC2CC(OC(=O)CCCC(=O)OC2CC4CCC(C2)[N+]4(C)Cc2ccc(OC(C)=O)c(OC)c2)C3)ccc1OC(C)=O. The van der Waals surface area contributed by atoms with Gasteiger partial charge in [-0.3, -0.25) is 19.2 Å². The first-order valence-corrected chi connectivity index (χ1v) is 19.1. The van der Waals surface area contributed by atoms with Crippen molar-refractivity contribution in [3.63, 3.8) is 0 Å². The molecule has 2 aromatic carbocycles. The van der Waals surface area contributed by atoms with Gasteiger partial charge in [0.1, 0.15) is 25.3 Å². The molecule has 12 heteroatoms. The van der Waals surface area contributed by atoms with E-state index in [2.05, 4.69) is 14.1 Å². The fraction of sp³-hybridized carbons (Fsp3) is 0.610. The third-order valence-corrected chi connectivity index (χ3v) is 12.5. The summed E-state index contributed by atoms with van der Waals surface area (Å²) in [5.41, 5.74) is 2.22. The summed E-state index contributed by atoms with van der Waals surface area (Å²) in [7, 11) is 7.73. The van der Waals surface area contributed by atoms with Gasteiger partial charge in [0.2, 0.25) is 0 Å². The summed E-state index contributed by atoms with van der Waals surface area (Å²) < 4.78 is 35.3. The number of hydrogen-bond donors (Lipinski definition) is 0. The Morgan fingerprint density at radius 3 is 1.26 bits per heavy atom. The fourth-order valence-electron chi connectivity index (χ4n) is 9.85. The molecular weight excluding hydrogens is 680 g/mol. The van der Waals surface area contributed by atoms with Gasteiger partial charge in [-0.1, -0.05) is 0 Å². The number of carbonyl (C=O) groups is 4. The van der Waals surface area contributed by atoms with Crippen molar-refractivity contribution in [2.75, 3.05) is 28.3 Å². The van der Waals surface area contributed by atoms with Gasteiger partial charge in [-0.25, -0.2) is 0 Å². The van der Waals surface area contributed by atoms with E-state index in [1.54, 1.807) is 26.4 Å². The van der Waals surface area contributed by atoms with Crippen molar-refractivity contribution in [2.45, 2.75) is 134 Å². The number of benzene rings is 2. The van der Waals surface area contributed by atoms with Crippen molar-refractivity contribution in [1.82, 2.24) is 0 Å². The molecule has 0 radical (unpaired) electrons. The number of nitrogens with zero attached hydrogens (tertiary/aromatic N) is 2. The molecular formula is C41H56N2O10+2. The number of piperidine rings is 2. The van der Waals surface area contributed by atoms with Crippen LogP contribution in [0.15, 0.2) is 36.4 Å². The Morgan fingerprint density at radius 2 is 0.943 bits per heavy atom. The Kier molecular flexibility index (Phi) is 11.7. The summed E-state index contributed by atoms with van der Waals surface area (Å²) in [4.78, 5) is 48.8. The quantitative estimate of drug-likeness (QED) is 0.134. The second-order valence-corrected chi connectivity index (χ2v) is 16.0. The van der Waals surface area contributed by atoms with E-state index in [9.17, 15) is 19.2 Å². The predicted octanol–water partition coefficient (Wildman–Crippen LogP) is 5.79. The summed E-state index contributed by atoms with van der Waals surface area (Å²) in [6, 6.07) is 13.0. The lowest BCUT2D eigenvalue weighted by Gasteiger charge is -2.47. The van der Waals surface area contributed by atoms with E-state index in [-0.39, 0.29) is 48.9 Å². The van der Waals surface area contributed by atoms with Crippen LogP contribution < -0.4 is 18.9 Å². The largest absolute Gasteiger partial charge is 0.493 e. The van der Waals surface area contributed by atoms with Crippen LogP contribution in [0.1, 0.15) is 95.6 Å². The van der Waals surface area contributed by atoms with Crippen LogP contribution in [0.2, 0.25) is 0 Å². The standard InChI is InChI=1S/C41H56N2O10/c1-26(44)50-36-16-10-28(18-38(36)48-5)24-42(3)30-12-13-31(42)21-34(20-30)52-40(46)8-7-9-41(47)53-35-22-32-14-15-33(23-35)43(32,4)25-29-11-17-37(51-27(2)45)39(19-29)49-6/h10-11,16-19,30-35H,7-9,12-15,20-25H2,1-6H3/q+2. The van der Waals surface area contributed by atoms with E-state index in [4.69, 9.17) is 28.4 Å². The minimum atomic E-state index is -0.388. The fourth-order valence-corrected chi connectivity index (χ4v) is 9.85. The zero-order valence-corrected chi connectivity index (χ0v) is 32.1. The Hall–Kier alpha value is -4.16. The van der Waals surface area contributed by atoms with Gasteiger partial charge in [0.15, 0.2) is 23.0 Å². The molecule has 4 bridgehead atoms. The lowest BCUT2D eigenvalue weighted by Crippen LogP contribution is -2.58. The Bertz CT molecular complexity index is 1540. The number of rotatable bonds is 14. The molecule has 2 aromatic rings. The number of quaternary nitrogens is 2. The first kappa shape index (κ1) is 38.6. The predicted molar refractivity (Wildman–Crippen MR) is 194 cm³/mol. The van der Waals surface area contributed by atoms with E-state index in [0.717, 1.165) is 84.5 Å². The summed E-state index contributed by atoms with van der Waals surface area (Å²) >= 11 is 0. The Balaban J connectivity index is 0.931. The molecule has 4 aliphatic heterocycles. The maximum atomic E-state index is 12.9. The van der Waals surface area contributed by atoms with Crippen molar-refractivity contribution >= 4 is 23.9 Å². The van der Waals surface area contributed by atoms with Crippen molar-refractivity contribution in [1.29, 1.82) is 0 Å². The third kappa shape index (κ3) is 8.64. The molecule has 4 saturated heterocycles. The van der Waals surface area contributed by atoms with Gasteiger partial charge in [0, 0.05) is 89.2 Å². The summed E-state index contributed by atoms with van der Waals surface area (Å²) in [5, 5.41) is 0. The number of hydrogen-bond acceptors (Lipinski definition) is 10. The van der Waals surface area contributed by atoms with Crippen LogP contribution in [0.3, 0.4) is 0 Å². The van der Waals surface area contributed by atoms with Gasteiger partial charge in [0.05, 0.1) is 52.5 Å². The number of esters is 4. The molecule has 0 N–H and O–H groups in total. The summed E-state index contributed by atoms with van der Waals surface area (Å²) in [5.74, 6) is 0.640. The molecule has 4 aliphatic rings. The van der Waals surface area contributed by atoms with Crippen molar-refractivity contribution in [2.24, 2.45) is 0 Å². The van der Waals surface area contributed by atoms with Crippen LogP contribution in [0, 0.1) is 0 Å².